The molecule has 7 nitrogen and oxygen atoms in total. The molecule has 3 rings (SSSR count). The molecule has 0 fully saturated rings. The third kappa shape index (κ3) is 3.51. The molecular formula is C19H20N2O5. The van der Waals surface area contributed by atoms with E-state index in [1.54, 1.807) is 19.1 Å². The standard InChI is InChI=1S/C19H20N2O5/c1-5-14(22)17-20-9-12(10-21-17)25-15-6-11(18(23)24-4)7-16-13(15)8-19(2,3)26-16/h6-7,9-10H,5,8H2,1-4H3. The van der Waals surface area contributed by atoms with Crippen molar-refractivity contribution < 1.29 is 23.8 Å². The maximum atomic E-state index is 11.9. The number of ketones is 1. The Morgan fingerprint density at radius 2 is 1.92 bits per heavy atom. The van der Waals surface area contributed by atoms with Gasteiger partial charge in [-0.2, -0.15) is 0 Å². The second kappa shape index (κ2) is 6.74. The van der Waals surface area contributed by atoms with Gasteiger partial charge in [-0.25, -0.2) is 14.8 Å². The number of hydrogen-bond acceptors (Lipinski definition) is 7. The highest BCUT2D eigenvalue weighted by molar-refractivity contribution is 5.92. The van der Waals surface area contributed by atoms with Crippen molar-refractivity contribution in [3.05, 3.63) is 41.5 Å². The van der Waals surface area contributed by atoms with E-state index in [0.717, 1.165) is 5.56 Å². The summed E-state index contributed by atoms with van der Waals surface area (Å²) < 4.78 is 16.6. The number of nitrogens with zero attached hydrogens (tertiary/aromatic N) is 2. The number of methoxy groups -OCH3 is 1. The second-order valence-electron chi connectivity index (χ2n) is 6.60. The van der Waals surface area contributed by atoms with Crippen LogP contribution in [0.4, 0.5) is 0 Å². The first-order valence-electron chi connectivity index (χ1n) is 8.30. The van der Waals surface area contributed by atoms with Crippen LogP contribution in [-0.2, 0) is 11.2 Å². The Labute approximate surface area is 151 Å². The molecule has 0 atom stereocenters. The van der Waals surface area contributed by atoms with Crippen molar-refractivity contribution in [3.63, 3.8) is 0 Å². The number of fused-ring (bicyclic) bond motifs is 1. The molecule has 1 aromatic carbocycles. The Bertz CT molecular complexity index is 859. The third-order valence-electron chi connectivity index (χ3n) is 4.00. The lowest BCUT2D eigenvalue weighted by Gasteiger charge is -2.16. The van der Waals surface area contributed by atoms with Crippen molar-refractivity contribution in [2.24, 2.45) is 0 Å². The molecule has 0 N–H and O–H groups in total. The zero-order chi connectivity index (χ0) is 18.9. The van der Waals surface area contributed by atoms with Gasteiger partial charge in [-0.1, -0.05) is 6.92 Å². The lowest BCUT2D eigenvalue weighted by atomic mass is 10.00. The Kier molecular flexibility index (Phi) is 4.63. The van der Waals surface area contributed by atoms with Gasteiger partial charge in [-0.05, 0) is 26.0 Å². The lowest BCUT2D eigenvalue weighted by Crippen LogP contribution is -2.24. The quantitative estimate of drug-likeness (QED) is 0.599. The molecule has 0 unspecified atom stereocenters. The molecule has 0 spiro atoms. The summed E-state index contributed by atoms with van der Waals surface area (Å²) in [7, 11) is 1.32. The van der Waals surface area contributed by atoms with Crippen LogP contribution in [0.2, 0.25) is 0 Å². The number of carbonyl (C=O) groups excluding carboxylic acids is 2. The van der Waals surface area contributed by atoms with Crippen molar-refractivity contribution in [3.8, 4) is 17.2 Å². The van der Waals surface area contributed by atoms with Crippen molar-refractivity contribution in [2.45, 2.75) is 39.2 Å². The van der Waals surface area contributed by atoms with Crippen molar-refractivity contribution in [2.75, 3.05) is 7.11 Å². The highest BCUT2D eigenvalue weighted by Gasteiger charge is 2.34. The molecule has 0 radical (unpaired) electrons. The van der Waals surface area contributed by atoms with Gasteiger partial charge < -0.3 is 14.2 Å². The number of aromatic nitrogens is 2. The SMILES string of the molecule is CCC(=O)c1ncc(Oc2cc(C(=O)OC)cc3c2CC(C)(C)O3)cn1. The number of benzene rings is 1. The van der Waals surface area contributed by atoms with Crippen LogP contribution in [0.25, 0.3) is 0 Å². The Morgan fingerprint density at radius 1 is 1.23 bits per heavy atom. The second-order valence-corrected chi connectivity index (χ2v) is 6.60. The number of hydrogen-bond donors (Lipinski definition) is 0. The van der Waals surface area contributed by atoms with Gasteiger partial charge in [0.15, 0.2) is 17.4 Å². The van der Waals surface area contributed by atoms with Crippen molar-refractivity contribution in [1.29, 1.82) is 0 Å². The monoisotopic (exact) mass is 356 g/mol. The molecule has 1 aliphatic rings. The van der Waals surface area contributed by atoms with E-state index in [1.165, 1.54) is 19.5 Å². The molecule has 2 heterocycles. The maximum Gasteiger partial charge on any atom is 0.338 e. The number of esters is 1. The molecule has 136 valence electrons. The summed E-state index contributed by atoms with van der Waals surface area (Å²) >= 11 is 0. The maximum absolute atomic E-state index is 11.9. The average molecular weight is 356 g/mol. The fourth-order valence-electron chi connectivity index (χ4n) is 2.77. The fraction of sp³-hybridized carbons (Fsp3) is 0.368. The smallest absolute Gasteiger partial charge is 0.338 e. The molecule has 0 saturated carbocycles. The van der Waals surface area contributed by atoms with Crippen LogP contribution in [0, 0.1) is 0 Å². The molecule has 1 aromatic heterocycles. The zero-order valence-electron chi connectivity index (χ0n) is 15.2. The fourth-order valence-corrected chi connectivity index (χ4v) is 2.77. The normalized spacial score (nSPS) is 14.3. The van der Waals surface area contributed by atoms with Crippen molar-refractivity contribution in [1.82, 2.24) is 9.97 Å². The third-order valence-corrected chi connectivity index (χ3v) is 4.00. The zero-order valence-corrected chi connectivity index (χ0v) is 15.2. The van der Waals surface area contributed by atoms with Gasteiger partial charge in [0.1, 0.15) is 17.1 Å². The van der Waals surface area contributed by atoms with Gasteiger partial charge in [0.25, 0.3) is 0 Å². The lowest BCUT2D eigenvalue weighted by molar-refractivity contribution is 0.0599. The summed E-state index contributed by atoms with van der Waals surface area (Å²) in [5.74, 6) is 0.967. The number of Topliss-reactive ketones (excluding diaryl/α,β-unsaturated/α-hetero) is 1. The van der Waals surface area contributed by atoms with Crippen LogP contribution in [0.5, 0.6) is 17.2 Å². The van der Waals surface area contributed by atoms with Gasteiger partial charge in [-0.15, -0.1) is 0 Å². The summed E-state index contributed by atoms with van der Waals surface area (Å²) in [5, 5.41) is 0. The summed E-state index contributed by atoms with van der Waals surface area (Å²) in [6.07, 6.45) is 3.84. The Morgan fingerprint density at radius 3 is 2.54 bits per heavy atom. The highest BCUT2D eigenvalue weighted by atomic mass is 16.5. The number of carbonyl (C=O) groups is 2. The predicted octanol–water partition coefficient (Wildman–Crippen LogP) is 3.36. The summed E-state index contributed by atoms with van der Waals surface area (Å²) in [6.45, 7) is 5.67. The van der Waals surface area contributed by atoms with E-state index in [4.69, 9.17) is 14.2 Å². The molecular weight excluding hydrogens is 336 g/mol. The number of rotatable bonds is 5. The first-order chi connectivity index (χ1) is 12.3. The number of ether oxygens (including phenoxy) is 3. The van der Waals surface area contributed by atoms with Crippen LogP contribution in [0.15, 0.2) is 24.5 Å². The van der Waals surface area contributed by atoms with Crippen LogP contribution >= 0.6 is 0 Å². The molecule has 2 aromatic rings. The first-order valence-corrected chi connectivity index (χ1v) is 8.30. The van der Waals surface area contributed by atoms with Crippen LogP contribution < -0.4 is 9.47 Å². The molecule has 0 saturated heterocycles. The van der Waals surface area contributed by atoms with Crippen LogP contribution in [0.1, 0.15) is 53.7 Å². The summed E-state index contributed by atoms with van der Waals surface area (Å²) in [5.41, 5.74) is 0.789. The van der Waals surface area contributed by atoms with Crippen LogP contribution in [0.3, 0.4) is 0 Å². The van der Waals surface area contributed by atoms with E-state index in [9.17, 15) is 9.59 Å². The largest absolute Gasteiger partial charge is 0.487 e. The van der Waals surface area contributed by atoms with E-state index < -0.39 is 11.6 Å². The molecule has 7 heteroatoms. The van der Waals surface area contributed by atoms with E-state index >= 15 is 0 Å². The topological polar surface area (TPSA) is 87.6 Å². The van der Waals surface area contributed by atoms with Gasteiger partial charge in [0.05, 0.1) is 25.1 Å². The molecule has 0 bridgehead atoms. The van der Waals surface area contributed by atoms with Gasteiger partial charge in [0.2, 0.25) is 0 Å². The van der Waals surface area contributed by atoms with E-state index in [-0.39, 0.29) is 11.6 Å². The Hall–Kier alpha value is -2.96. The van der Waals surface area contributed by atoms with Gasteiger partial charge in [-0.3, -0.25) is 4.79 Å². The van der Waals surface area contributed by atoms with Crippen molar-refractivity contribution >= 4 is 11.8 Å². The van der Waals surface area contributed by atoms with Gasteiger partial charge in [0, 0.05) is 18.4 Å². The minimum Gasteiger partial charge on any atom is -0.487 e. The van der Waals surface area contributed by atoms with E-state index in [2.05, 4.69) is 9.97 Å². The predicted molar refractivity (Wildman–Crippen MR) is 92.9 cm³/mol. The van der Waals surface area contributed by atoms with Crippen LogP contribution in [-0.4, -0.2) is 34.4 Å². The minimum absolute atomic E-state index is 0.139. The molecule has 1 aliphatic heterocycles. The van der Waals surface area contributed by atoms with Gasteiger partial charge >= 0.3 is 5.97 Å². The summed E-state index contributed by atoms with van der Waals surface area (Å²) in [6, 6.07) is 3.27. The first kappa shape index (κ1) is 17.8. The summed E-state index contributed by atoms with van der Waals surface area (Å²) in [4.78, 5) is 31.6. The van der Waals surface area contributed by atoms with E-state index in [0.29, 0.717) is 35.7 Å². The Balaban J connectivity index is 1.95. The minimum atomic E-state index is -0.480. The highest BCUT2D eigenvalue weighted by Crippen LogP contribution is 2.42. The van der Waals surface area contributed by atoms with E-state index in [1.807, 2.05) is 13.8 Å². The molecule has 0 aliphatic carbocycles. The molecule has 0 amide bonds. The average Bonchev–Trinajstić information content (AvgIpc) is 2.95. The molecule has 26 heavy (non-hydrogen) atoms.